The van der Waals surface area contributed by atoms with E-state index in [-0.39, 0.29) is 11.8 Å². The van der Waals surface area contributed by atoms with Crippen molar-refractivity contribution in [2.45, 2.75) is 51.9 Å². The summed E-state index contributed by atoms with van der Waals surface area (Å²) >= 11 is 0. The molecule has 2 aliphatic rings. The zero-order chi connectivity index (χ0) is 13.0. The van der Waals surface area contributed by atoms with Crippen molar-refractivity contribution in [3.8, 4) is 0 Å². The molecule has 4 unspecified atom stereocenters. The second kappa shape index (κ2) is 6.55. The van der Waals surface area contributed by atoms with Crippen LogP contribution >= 0.6 is 0 Å². The van der Waals surface area contributed by atoms with Gasteiger partial charge in [0.15, 0.2) is 0 Å². The minimum atomic E-state index is 0.189. The van der Waals surface area contributed by atoms with Crippen molar-refractivity contribution < 1.29 is 4.79 Å². The molecule has 3 N–H and O–H groups in total. The zero-order valence-electron chi connectivity index (χ0n) is 11.7. The quantitative estimate of drug-likeness (QED) is 0.806. The van der Waals surface area contributed by atoms with Crippen molar-refractivity contribution in [1.82, 2.24) is 5.32 Å². The second-order valence-corrected chi connectivity index (χ2v) is 6.30. The summed E-state index contributed by atoms with van der Waals surface area (Å²) < 4.78 is 0. The van der Waals surface area contributed by atoms with Crippen LogP contribution in [0.15, 0.2) is 0 Å². The van der Waals surface area contributed by atoms with Gasteiger partial charge in [-0.2, -0.15) is 0 Å². The van der Waals surface area contributed by atoms with Gasteiger partial charge in [-0.25, -0.2) is 0 Å². The normalized spacial score (nSPS) is 36.6. The van der Waals surface area contributed by atoms with E-state index in [1.807, 2.05) is 0 Å². The first-order valence-corrected chi connectivity index (χ1v) is 7.70. The summed E-state index contributed by atoms with van der Waals surface area (Å²) in [5, 5.41) is 3.19. The molecule has 2 fully saturated rings. The van der Waals surface area contributed by atoms with Crippen molar-refractivity contribution in [3.05, 3.63) is 0 Å². The number of nitrogens with two attached hydrogens (primary N) is 1. The van der Waals surface area contributed by atoms with Crippen molar-refractivity contribution >= 4 is 5.91 Å². The standard InChI is InChI=1S/C15H28N2O/c1-11-5-2-3-6-13(11)10-17-15(18)14-8-4-7-12(14)9-16/h11-14H,2-10,16H2,1H3,(H,17,18). The Hall–Kier alpha value is -0.570. The molecule has 0 radical (unpaired) electrons. The Kier molecular flexibility index (Phi) is 5.04. The maximum atomic E-state index is 12.2. The van der Waals surface area contributed by atoms with Gasteiger partial charge in [0.25, 0.3) is 0 Å². The molecule has 104 valence electrons. The van der Waals surface area contributed by atoms with Crippen LogP contribution in [0, 0.1) is 23.7 Å². The van der Waals surface area contributed by atoms with E-state index in [9.17, 15) is 4.79 Å². The molecule has 0 aromatic heterocycles. The topological polar surface area (TPSA) is 55.1 Å². The first-order chi connectivity index (χ1) is 8.72. The molecule has 0 heterocycles. The van der Waals surface area contributed by atoms with Crippen molar-refractivity contribution in [1.29, 1.82) is 0 Å². The summed E-state index contributed by atoms with van der Waals surface area (Å²) in [7, 11) is 0. The van der Waals surface area contributed by atoms with E-state index in [1.54, 1.807) is 0 Å². The number of carbonyl (C=O) groups is 1. The molecule has 4 atom stereocenters. The van der Waals surface area contributed by atoms with Crippen LogP contribution in [0.2, 0.25) is 0 Å². The molecule has 0 aliphatic heterocycles. The SMILES string of the molecule is CC1CCCCC1CNC(=O)C1CCCC1CN. The molecular formula is C15H28N2O. The van der Waals surface area contributed by atoms with Crippen LogP contribution < -0.4 is 11.1 Å². The maximum absolute atomic E-state index is 12.2. The third-order valence-corrected chi connectivity index (χ3v) is 5.13. The second-order valence-electron chi connectivity index (χ2n) is 6.30. The van der Waals surface area contributed by atoms with Gasteiger partial charge in [0.05, 0.1) is 0 Å². The van der Waals surface area contributed by atoms with Gasteiger partial charge in [-0.15, -0.1) is 0 Å². The van der Waals surface area contributed by atoms with Crippen molar-refractivity contribution in [2.75, 3.05) is 13.1 Å². The summed E-state index contributed by atoms with van der Waals surface area (Å²) in [5.74, 6) is 2.34. The molecule has 0 spiro atoms. The predicted octanol–water partition coefficient (Wildman–Crippen LogP) is 2.30. The molecule has 3 heteroatoms. The average Bonchev–Trinajstić information content (AvgIpc) is 2.86. The number of carbonyl (C=O) groups excluding carboxylic acids is 1. The molecule has 0 aromatic carbocycles. The largest absolute Gasteiger partial charge is 0.356 e. The smallest absolute Gasteiger partial charge is 0.223 e. The Morgan fingerprint density at radius 3 is 2.56 bits per heavy atom. The zero-order valence-corrected chi connectivity index (χ0v) is 11.7. The summed E-state index contributed by atoms with van der Waals surface area (Å²) in [4.78, 5) is 12.2. The summed E-state index contributed by atoms with van der Waals surface area (Å²) in [6.45, 7) is 3.87. The Morgan fingerprint density at radius 2 is 1.83 bits per heavy atom. The van der Waals surface area contributed by atoms with E-state index < -0.39 is 0 Å². The highest BCUT2D eigenvalue weighted by molar-refractivity contribution is 5.79. The van der Waals surface area contributed by atoms with Gasteiger partial charge < -0.3 is 11.1 Å². The molecule has 1 amide bonds. The first kappa shape index (κ1) is 13.9. The number of hydrogen-bond donors (Lipinski definition) is 2. The lowest BCUT2D eigenvalue weighted by Gasteiger charge is -2.29. The minimum Gasteiger partial charge on any atom is -0.356 e. The van der Waals surface area contributed by atoms with Crippen LogP contribution in [-0.4, -0.2) is 19.0 Å². The van der Waals surface area contributed by atoms with Gasteiger partial charge in [0.2, 0.25) is 5.91 Å². The maximum Gasteiger partial charge on any atom is 0.223 e. The molecule has 0 saturated heterocycles. The van der Waals surface area contributed by atoms with Gasteiger partial charge in [-0.05, 0) is 43.6 Å². The van der Waals surface area contributed by atoms with E-state index in [4.69, 9.17) is 5.73 Å². The minimum absolute atomic E-state index is 0.189. The Labute approximate surface area is 111 Å². The highest BCUT2D eigenvalue weighted by atomic mass is 16.1. The van der Waals surface area contributed by atoms with E-state index in [2.05, 4.69) is 12.2 Å². The molecule has 2 aliphatic carbocycles. The van der Waals surface area contributed by atoms with Crippen LogP contribution in [0.3, 0.4) is 0 Å². The highest BCUT2D eigenvalue weighted by Crippen LogP contribution is 2.32. The van der Waals surface area contributed by atoms with Crippen LogP contribution in [0.25, 0.3) is 0 Å². The Bertz CT molecular complexity index is 280. The van der Waals surface area contributed by atoms with E-state index in [0.29, 0.717) is 18.4 Å². The fraction of sp³-hybridized carbons (Fsp3) is 0.933. The Balaban J connectivity index is 1.77. The number of nitrogens with one attached hydrogen (secondary N) is 1. The third kappa shape index (κ3) is 3.25. The molecule has 3 nitrogen and oxygen atoms in total. The van der Waals surface area contributed by atoms with E-state index >= 15 is 0 Å². The first-order valence-electron chi connectivity index (χ1n) is 7.70. The Morgan fingerprint density at radius 1 is 1.11 bits per heavy atom. The number of rotatable bonds is 4. The van der Waals surface area contributed by atoms with Crippen LogP contribution in [0.5, 0.6) is 0 Å². The number of hydrogen-bond acceptors (Lipinski definition) is 2. The summed E-state index contributed by atoms with van der Waals surface area (Å²) in [6, 6.07) is 0. The van der Waals surface area contributed by atoms with Gasteiger partial charge in [-0.3, -0.25) is 4.79 Å². The predicted molar refractivity (Wildman–Crippen MR) is 74.0 cm³/mol. The highest BCUT2D eigenvalue weighted by Gasteiger charge is 2.32. The molecule has 0 bridgehead atoms. The molecule has 0 aromatic rings. The molecule has 2 rings (SSSR count). The molecule has 18 heavy (non-hydrogen) atoms. The van der Waals surface area contributed by atoms with Gasteiger partial charge >= 0.3 is 0 Å². The van der Waals surface area contributed by atoms with Crippen LogP contribution in [-0.2, 0) is 4.79 Å². The van der Waals surface area contributed by atoms with Crippen LogP contribution in [0.4, 0.5) is 0 Å². The third-order valence-electron chi connectivity index (χ3n) is 5.13. The van der Waals surface area contributed by atoms with Gasteiger partial charge in [-0.1, -0.05) is 32.6 Å². The summed E-state index contributed by atoms with van der Waals surface area (Å²) in [5.41, 5.74) is 5.74. The van der Waals surface area contributed by atoms with E-state index in [0.717, 1.165) is 25.3 Å². The fourth-order valence-corrected chi connectivity index (χ4v) is 3.72. The molecular weight excluding hydrogens is 224 g/mol. The van der Waals surface area contributed by atoms with Crippen molar-refractivity contribution in [3.63, 3.8) is 0 Å². The summed E-state index contributed by atoms with van der Waals surface area (Å²) in [6.07, 6.45) is 8.65. The van der Waals surface area contributed by atoms with Crippen LogP contribution in [0.1, 0.15) is 51.9 Å². The monoisotopic (exact) mass is 252 g/mol. The van der Waals surface area contributed by atoms with Gasteiger partial charge in [0, 0.05) is 12.5 Å². The van der Waals surface area contributed by atoms with E-state index in [1.165, 1.54) is 32.1 Å². The average molecular weight is 252 g/mol. The lowest BCUT2D eigenvalue weighted by molar-refractivity contribution is -0.126. The molecule has 2 saturated carbocycles. The van der Waals surface area contributed by atoms with Gasteiger partial charge in [0.1, 0.15) is 0 Å². The number of amides is 1. The lowest BCUT2D eigenvalue weighted by atomic mass is 9.80. The van der Waals surface area contributed by atoms with Crippen molar-refractivity contribution in [2.24, 2.45) is 29.4 Å². The fourth-order valence-electron chi connectivity index (χ4n) is 3.72. The lowest BCUT2D eigenvalue weighted by Crippen LogP contribution is -2.39.